The molecule has 0 amide bonds. The highest BCUT2D eigenvalue weighted by atomic mass is 127. The van der Waals surface area contributed by atoms with Gasteiger partial charge in [-0.25, -0.2) is 0 Å². The van der Waals surface area contributed by atoms with E-state index in [2.05, 4.69) is 143 Å². The summed E-state index contributed by atoms with van der Waals surface area (Å²) >= 11 is 2.27. The zero-order valence-electron chi connectivity index (χ0n) is 16.7. The standard InChI is InChI=1S/C27H27IO/c1-2-3-20-26(21-13-22-28)29-27(23-14-7-4-8-15-23,24-16-9-5-10-17-24)25-18-11-6-12-19-25/h3-20,22,26H,2,21H2,1H3. The van der Waals surface area contributed by atoms with Crippen molar-refractivity contribution in [3.05, 3.63) is 130 Å². The Morgan fingerprint density at radius 3 is 1.59 bits per heavy atom. The molecule has 0 aliphatic carbocycles. The minimum absolute atomic E-state index is 0.0402. The van der Waals surface area contributed by atoms with Crippen molar-refractivity contribution in [2.45, 2.75) is 31.5 Å². The summed E-state index contributed by atoms with van der Waals surface area (Å²) in [5.41, 5.74) is 2.70. The number of benzene rings is 3. The molecule has 0 aromatic heterocycles. The van der Waals surface area contributed by atoms with Crippen LogP contribution in [0.15, 0.2) is 113 Å². The molecule has 29 heavy (non-hydrogen) atoms. The van der Waals surface area contributed by atoms with Gasteiger partial charge in [0.15, 0.2) is 0 Å². The van der Waals surface area contributed by atoms with E-state index >= 15 is 0 Å². The number of allylic oxidation sites excluding steroid dienone is 1. The Morgan fingerprint density at radius 2 is 1.21 bits per heavy atom. The van der Waals surface area contributed by atoms with Crippen LogP contribution in [-0.2, 0) is 10.3 Å². The van der Waals surface area contributed by atoms with Gasteiger partial charge in [-0.1, -0.05) is 139 Å². The third-order valence-corrected chi connectivity index (χ3v) is 5.42. The van der Waals surface area contributed by atoms with Crippen LogP contribution in [0.2, 0.25) is 0 Å². The second-order valence-electron chi connectivity index (χ2n) is 6.87. The van der Waals surface area contributed by atoms with Gasteiger partial charge in [0.05, 0.1) is 6.10 Å². The van der Waals surface area contributed by atoms with E-state index in [-0.39, 0.29) is 6.10 Å². The molecule has 0 radical (unpaired) electrons. The molecular weight excluding hydrogens is 467 g/mol. The van der Waals surface area contributed by atoms with Crippen molar-refractivity contribution in [3.8, 4) is 0 Å². The van der Waals surface area contributed by atoms with E-state index in [9.17, 15) is 0 Å². The Hall–Kier alpha value is -2.17. The summed E-state index contributed by atoms with van der Waals surface area (Å²) in [6.07, 6.45) is 8.33. The normalized spacial score (nSPS) is 13.2. The predicted molar refractivity (Wildman–Crippen MR) is 131 cm³/mol. The molecule has 1 nitrogen and oxygen atoms in total. The molecule has 2 heteroatoms. The van der Waals surface area contributed by atoms with E-state index in [0.29, 0.717) is 0 Å². The van der Waals surface area contributed by atoms with E-state index in [1.807, 2.05) is 0 Å². The number of hydrogen-bond donors (Lipinski definition) is 0. The number of ether oxygens (including phenoxy) is 1. The first-order valence-corrected chi connectivity index (χ1v) is 11.3. The molecule has 3 aromatic rings. The summed E-state index contributed by atoms with van der Waals surface area (Å²) in [6, 6.07) is 31.6. The molecule has 0 saturated heterocycles. The molecule has 0 heterocycles. The highest BCUT2D eigenvalue weighted by molar-refractivity contribution is 14.1. The van der Waals surface area contributed by atoms with E-state index in [0.717, 1.165) is 29.5 Å². The molecule has 3 rings (SSSR count). The quantitative estimate of drug-likeness (QED) is 0.169. The van der Waals surface area contributed by atoms with Crippen LogP contribution in [-0.4, -0.2) is 6.10 Å². The first-order valence-electron chi connectivity index (χ1n) is 10.1. The fourth-order valence-electron chi connectivity index (χ4n) is 3.59. The van der Waals surface area contributed by atoms with Gasteiger partial charge >= 0.3 is 0 Å². The molecule has 148 valence electrons. The Morgan fingerprint density at radius 1 is 0.759 bits per heavy atom. The first kappa shape index (κ1) is 21.5. The van der Waals surface area contributed by atoms with Crippen molar-refractivity contribution < 1.29 is 4.74 Å². The van der Waals surface area contributed by atoms with Crippen molar-refractivity contribution in [3.63, 3.8) is 0 Å². The molecule has 1 atom stereocenters. The maximum atomic E-state index is 7.06. The Bertz CT molecular complexity index is 804. The van der Waals surface area contributed by atoms with E-state index in [1.54, 1.807) is 0 Å². The zero-order chi connectivity index (χ0) is 20.4. The fourth-order valence-corrected chi connectivity index (χ4v) is 3.88. The van der Waals surface area contributed by atoms with Crippen LogP contribution in [0.25, 0.3) is 0 Å². The number of hydrogen-bond acceptors (Lipinski definition) is 1. The topological polar surface area (TPSA) is 9.23 Å². The van der Waals surface area contributed by atoms with Crippen molar-refractivity contribution >= 4 is 22.6 Å². The maximum absolute atomic E-state index is 7.06. The number of halogens is 1. The Kier molecular flexibility index (Phi) is 8.26. The summed E-state index contributed by atoms with van der Waals surface area (Å²) < 4.78 is 9.12. The molecule has 3 aromatic carbocycles. The lowest BCUT2D eigenvalue weighted by molar-refractivity contribution is -0.0229. The molecule has 0 saturated carbocycles. The molecule has 0 aliphatic heterocycles. The predicted octanol–water partition coefficient (Wildman–Crippen LogP) is 7.67. The SMILES string of the molecule is CCC=CC(CC=CI)OC(c1ccccc1)(c1ccccc1)c1ccccc1. The highest BCUT2D eigenvalue weighted by Gasteiger charge is 2.39. The third kappa shape index (κ3) is 5.26. The summed E-state index contributed by atoms with van der Waals surface area (Å²) in [5.74, 6) is 0. The van der Waals surface area contributed by atoms with E-state index in [4.69, 9.17) is 4.74 Å². The van der Waals surface area contributed by atoms with Crippen LogP contribution in [0.1, 0.15) is 36.5 Å². The summed E-state index contributed by atoms with van der Waals surface area (Å²) in [5, 5.41) is 0. The van der Waals surface area contributed by atoms with Crippen molar-refractivity contribution in [2.24, 2.45) is 0 Å². The van der Waals surface area contributed by atoms with Gasteiger partial charge in [0.25, 0.3) is 0 Å². The highest BCUT2D eigenvalue weighted by Crippen LogP contribution is 2.41. The lowest BCUT2D eigenvalue weighted by Crippen LogP contribution is -2.36. The van der Waals surface area contributed by atoms with Gasteiger partial charge in [-0.15, -0.1) is 0 Å². The van der Waals surface area contributed by atoms with Crippen LogP contribution in [0.3, 0.4) is 0 Å². The minimum Gasteiger partial charge on any atom is -0.353 e. The molecule has 0 aliphatic rings. The smallest absolute Gasteiger partial charge is 0.144 e. The molecule has 0 fully saturated rings. The van der Waals surface area contributed by atoms with Gasteiger partial charge in [0.2, 0.25) is 0 Å². The first-order chi connectivity index (χ1) is 14.3. The molecule has 0 N–H and O–H groups in total. The van der Waals surface area contributed by atoms with Crippen LogP contribution in [0.4, 0.5) is 0 Å². The van der Waals surface area contributed by atoms with Gasteiger partial charge < -0.3 is 4.74 Å². The zero-order valence-corrected chi connectivity index (χ0v) is 18.9. The minimum atomic E-state index is -0.689. The van der Waals surface area contributed by atoms with Gasteiger partial charge in [0, 0.05) is 0 Å². The third-order valence-electron chi connectivity index (χ3n) is 4.91. The van der Waals surface area contributed by atoms with Crippen molar-refractivity contribution in [2.75, 3.05) is 0 Å². The number of rotatable bonds is 9. The lowest BCUT2D eigenvalue weighted by atomic mass is 9.80. The molecule has 0 bridgehead atoms. The molecule has 1 unspecified atom stereocenters. The Labute approximate surface area is 188 Å². The van der Waals surface area contributed by atoms with E-state index in [1.165, 1.54) is 0 Å². The average molecular weight is 494 g/mol. The fraction of sp³-hybridized carbons (Fsp3) is 0.185. The van der Waals surface area contributed by atoms with Gasteiger partial charge in [-0.3, -0.25) is 0 Å². The van der Waals surface area contributed by atoms with Gasteiger partial charge in [-0.05, 0) is 33.6 Å². The second kappa shape index (κ2) is 11.1. The summed E-state index contributed by atoms with van der Waals surface area (Å²) in [7, 11) is 0. The van der Waals surface area contributed by atoms with E-state index < -0.39 is 5.60 Å². The van der Waals surface area contributed by atoms with Crippen molar-refractivity contribution in [1.82, 2.24) is 0 Å². The van der Waals surface area contributed by atoms with Crippen LogP contribution < -0.4 is 0 Å². The second-order valence-corrected chi connectivity index (χ2v) is 7.59. The Balaban J connectivity index is 2.22. The van der Waals surface area contributed by atoms with Gasteiger partial charge in [0.1, 0.15) is 5.60 Å². The molecular formula is C27H27IO. The summed E-state index contributed by atoms with van der Waals surface area (Å²) in [6.45, 7) is 2.15. The van der Waals surface area contributed by atoms with Crippen LogP contribution >= 0.6 is 22.6 Å². The summed E-state index contributed by atoms with van der Waals surface area (Å²) in [4.78, 5) is 0. The van der Waals surface area contributed by atoms with Crippen molar-refractivity contribution in [1.29, 1.82) is 0 Å². The largest absolute Gasteiger partial charge is 0.353 e. The maximum Gasteiger partial charge on any atom is 0.144 e. The van der Waals surface area contributed by atoms with Crippen LogP contribution in [0, 0.1) is 0 Å². The average Bonchev–Trinajstić information content (AvgIpc) is 2.80. The monoisotopic (exact) mass is 494 g/mol. The van der Waals surface area contributed by atoms with Crippen LogP contribution in [0.5, 0.6) is 0 Å². The lowest BCUT2D eigenvalue weighted by Gasteiger charge is -2.38. The molecule has 0 spiro atoms. The van der Waals surface area contributed by atoms with Gasteiger partial charge in [-0.2, -0.15) is 0 Å².